The summed E-state index contributed by atoms with van der Waals surface area (Å²) in [5, 5.41) is 6.22. The van der Waals surface area contributed by atoms with Crippen molar-refractivity contribution >= 4 is 29.1 Å². The van der Waals surface area contributed by atoms with Crippen molar-refractivity contribution in [1.29, 1.82) is 0 Å². The first-order valence-electron chi connectivity index (χ1n) is 7.22. The molecule has 5 nitrogen and oxygen atoms in total. The lowest BCUT2D eigenvalue weighted by Crippen LogP contribution is -2.30. The standard InChI is InChI=1S/C17H15ClN2O3/c18-12-6-4-11(5-7-12)8-9-19-17(22)13-2-1-3-14-16(13)20-15(21)10-23-14/h1-7H,8-10H2,(H,19,22)(H,20,21). The van der Waals surface area contributed by atoms with Crippen molar-refractivity contribution in [2.75, 3.05) is 18.5 Å². The number of anilines is 1. The number of nitrogens with one attached hydrogen (secondary N) is 2. The predicted molar refractivity (Wildman–Crippen MR) is 88.1 cm³/mol. The molecule has 23 heavy (non-hydrogen) atoms. The van der Waals surface area contributed by atoms with E-state index < -0.39 is 0 Å². The van der Waals surface area contributed by atoms with Crippen LogP contribution >= 0.6 is 11.6 Å². The number of fused-ring (bicyclic) bond motifs is 1. The van der Waals surface area contributed by atoms with Crippen LogP contribution in [0.25, 0.3) is 0 Å². The highest BCUT2D eigenvalue weighted by Crippen LogP contribution is 2.30. The van der Waals surface area contributed by atoms with Gasteiger partial charge in [-0.25, -0.2) is 0 Å². The van der Waals surface area contributed by atoms with Crippen molar-refractivity contribution < 1.29 is 14.3 Å². The number of hydrogen-bond acceptors (Lipinski definition) is 3. The number of para-hydroxylation sites is 1. The van der Waals surface area contributed by atoms with Gasteiger partial charge in [0, 0.05) is 11.6 Å². The summed E-state index contributed by atoms with van der Waals surface area (Å²) < 4.78 is 5.31. The van der Waals surface area contributed by atoms with E-state index in [9.17, 15) is 9.59 Å². The van der Waals surface area contributed by atoms with Crippen molar-refractivity contribution in [2.45, 2.75) is 6.42 Å². The monoisotopic (exact) mass is 330 g/mol. The van der Waals surface area contributed by atoms with Gasteiger partial charge < -0.3 is 15.4 Å². The van der Waals surface area contributed by atoms with Gasteiger partial charge >= 0.3 is 0 Å². The van der Waals surface area contributed by atoms with Crippen LogP contribution in [0, 0.1) is 0 Å². The van der Waals surface area contributed by atoms with E-state index in [0.717, 1.165) is 5.56 Å². The lowest BCUT2D eigenvalue weighted by molar-refractivity contribution is -0.118. The summed E-state index contributed by atoms with van der Waals surface area (Å²) >= 11 is 5.84. The molecule has 0 bridgehead atoms. The van der Waals surface area contributed by atoms with Crippen LogP contribution in [0.1, 0.15) is 15.9 Å². The predicted octanol–water partition coefficient (Wildman–Crippen LogP) is 2.64. The summed E-state index contributed by atoms with van der Waals surface area (Å²) in [6.07, 6.45) is 0.695. The Kier molecular flexibility index (Phi) is 4.48. The minimum atomic E-state index is -0.265. The molecule has 2 aromatic rings. The number of benzene rings is 2. The van der Waals surface area contributed by atoms with E-state index in [-0.39, 0.29) is 18.4 Å². The van der Waals surface area contributed by atoms with Gasteiger partial charge in [-0.3, -0.25) is 9.59 Å². The molecule has 2 aromatic carbocycles. The quantitative estimate of drug-likeness (QED) is 0.905. The summed E-state index contributed by atoms with van der Waals surface area (Å²) in [6, 6.07) is 12.6. The second-order valence-corrected chi connectivity index (χ2v) is 5.58. The van der Waals surface area contributed by atoms with Crippen LogP contribution in [0.15, 0.2) is 42.5 Å². The Hall–Kier alpha value is -2.53. The highest BCUT2D eigenvalue weighted by Gasteiger charge is 2.21. The average Bonchev–Trinajstić information content (AvgIpc) is 2.56. The largest absolute Gasteiger partial charge is 0.482 e. The molecular formula is C17H15ClN2O3. The minimum absolute atomic E-state index is 0.0331. The van der Waals surface area contributed by atoms with Gasteiger partial charge in [0.15, 0.2) is 6.61 Å². The third-order valence-corrected chi connectivity index (χ3v) is 3.76. The Morgan fingerprint density at radius 2 is 2.00 bits per heavy atom. The molecule has 0 fully saturated rings. The first kappa shape index (κ1) is 15.4. The van der Waals surface area contributed by atoms with Crippen LogP contribution in [0.3, 0.4) is 0 Å². The molecule has 0 saturated carbocycles. The molecule has 3 rings (SSSR count). The molecule has 0 aliphatic carbocycles. The summed E-state index contributed by atoms with van der Waals surface area (Å²) in [6.45, 7) is 0.452. The number of halogens is 1. The molecule has 0 unspecified atom stereocenters. The maximum Gasteiger partial charge on any atom is 0.262 e. The number of hydrogen-bond donors (Lipinski definition) is 2. The molecule has 0 saturated heterocycles. The third kappa shape index (κ3) is 3.63. The van der Waals surface area contributed by atoms with E-state index in [0.29, 0.717) is 35.0 Å². The molecular weight excluding hydrogens is 316 g/mol. The van der Waals surface area contributed by atoms with Gasteiger partial charge in [-0.2, -0.15) is 0 Å². The number of ether oxygens (including phenoxy) is 1. The highest BCUT2D eigenvalue weighted by molar-refractivity contribution is 6.30. The van der Waals surface area contributed by atoms with E-state index in [1.54, 1.807) is 18.2 Å². The van der Waals surface area contributed by atoms with Crippen molar-refractivity contribution in [3.63, 3.8) is 0 Å². The van der Waals surface area contributed by atoms with Crippen LogP contribution in [-0.2, 0) is 11.2 Å². The van der Waals surface area contributed by atoms with Crippen LogP contribution in [-0.4, -0.2) is 25.0 Å². The van der Waals surface area contributed by atoms with E-state index >= 15 is 0 Å². The molecule has 6 heteroatoms. The molecule has 118 valence electrons. The normalized spacial score (nSPS) is 12.8. The summed E-state index contributed by atoms with van der Waals surface area (Å²) in [7, 11) is 0. The van der Waals surface area contributed by atoms with Gasteiger partial charge in [-0.15, -0.1) is 0 Å². The maximum absolute atomic E-state index is 12.3. The Labute approximate surface area is 138 Å². The lowest BCUT2D eigenvalue weighted by Gasteiger charge is -2.20. The summed E-state index contributed by atoms with van der Waals surface area (Å²) in [4.78, 5) is 23.8. The average molecular weight is 331 g/mol. The van der Waals surface area contributed by atoms with E-state index in [4.69, 9.17) is 16.3 Å². The molecule has 1 aliphatic heterocycles. The zero-order valence-corrected chi connectivity index (χ0v) is 13.0. The smallest absolute Gasteiger partial charge is 0.262 e. The topological polar surface area (TPSA) is 67.4 Å². The Bertz CT molecular complexity index is 744. The van der Waals surface area contributed by atoms with Crippen molar-refractivity contribution in [1.82, 2.24) is 5.32 Å². The second kappa shape index (κ2) is 6.71. The van der Waals surface area contributed by atoms with E-state index in [2.05, 4.69) is 10.6 Å². The molecule has 0 aromatic heterocycles. The SMILES string of the molecule is O=C1COc2cccc(C(=O)NCCc3ccc(Cl)cc3)c2N1. The van der Waals surface area contributed by atoms with Gasteiger partial charge in [0.05, 0.1) is 11.3 Å². The molecule has 1 heterocycles. The van der Waals surface area contributed by atoms with Gasteiger partial charge in [0.25, 0.3) is 11.8 Å². The molecule has 1 aliphatic rings. The Balaban J connectivity index is 1.65. The number of amides is 2. The van der Waals surface area contributed by atoms with Gasteiger partial charge in [-0.05, 0) is 36.2 Å². The Morgan fingerprint density at radius 3 is 2.78 bits per heavy atom. The zero-order valence-electron chi connectivity index (χ0n) is 12.3. The fraction of sp³-hybridized carbons (Fsp3) is 0.176. The summed E-state index contributed by atoms with van der Waals surface area (Å²) in [5.41, 5.74) is 1.90. The maximum atomic E-state index is 12.3. The number of rotatable bonds is 4. The first-order valence-corrected chi connectivity index (χ1v) is 7.59. The molecule has 0 spiro atoms. The highest BCUT2D eigenvalue weighted by atomic mass is 35.5. The first-order chi connectivity index (χ1) is 11.1. The van der Waals surface area contributed by atoms with Crippen molar-refractivity contribution in [3.05, 3.63) is 58.6 Å². The molecule has 2 amide bonds. The molecule has 0 atom stereocenters. The van der Waals surface area contributed by atoms with E-state index in [1.807, 2.05) is 24.3 Å². The van der Waals surface area contributed by atoms with Gasteiger partial charge in [0.1, 0.15) is 5.75 Å². The number of carbonyl (C=O) groups is 2. The van der Waals surface area contributed by atoms with Crippen LogP contribution in [0.5, 0.6) is 5.75 Å². The zero-order chi connectivity index (χ0) is 16.2. The fourth-order valence-corrected chi connectivity index (χ4v) is 2.48. The molecule has 2 N–H and O–H groups in total. The van der Waals surface area contributed by atoms with Crippen molar-refractivity contribution in [2.24, 2.45) is 0 Å². The van der Waals surface area contributed by atoms with Gasteiger partial charge in [0.2, 0.25) is 0 Å². The fourth-order valence-electron chi connectivity index (χ4n) is 2.36. The van der Waals surface area contributed by atoms with Crippen molar-refractivity contribution in [3.8, 4) is 5.75 Å². The Morgan fingerprint density at radius 1 is 1.22 bits per heavy atom. The van der Waals surface area contributed by atoms with E-state index in [1.165, 1.54) is 0 Å². The van der Waals surface area contributed by atoms with Crippen LogP contribution in [0.2, 0.25) is 5.02 Å². The second-order valence-electron chi connectivity index (χ2n) is 5.15. The van der Waals surface area contributed by atoms with Crippen LogP contribution in [0.4, 0.5) is 5.69 Å². The summed E-state index contributed by atoms with van der Waals surface area (Å²) in [5.74, 6) is -0.00419. The minimum Gasteiger partial charge on any atom is -0.482 e. The number of carbonyl (C=O) groups excluding carboxylic acids is 2. The lowest BCUT2D eigenvalue weighted by atomic mass is 10.1. The van der Waals surface area contributed by atoms with Crippen LogP contribution < -0.4 is 15.4 Å². The third-order valence-electron chi connectivity index (χ3n) is 3.51. The van der Waals surface area contributed by atoms with Gasteiger partial charge in [-0.1, -0.05) is 29.8 Å². The molecule has 0 radical (unpaired) electrons.